The molecule has 3 aromatic carbocycles. The number of hydrogen-bond acceptors (Lipinski definition) is 3. The van der Waals surface area contributed by atoms with E-state index in [1.165, 1.54) is 37.4 Å². The predicted molar refractivity (Wildman–Crippen MR) is 103 cm³/mol. The van der Waals surface area contributed by atoms with E-state index in [1.807, 2.05) is 6.92 Å². The Morgan fingerprint density at radius 1 is 1.11 bits per heavy atom. The van der Waals surface area contributed by atoms with Crippen LogP contribution in [0.25, 0.3) is 21.9 Å². The number of hydrogen-bond donors (Lipinski definition) is 2. The highest BCUT2D eigenvalue weighted by Crippen LogP contribution is 2.39. The summed E-state index contributed by atoms with van der Waals surface area (Å²) >= 11 is 0. The molecule has 27 heavy (non-hydrogen) atoms. The van der Waals surface area contributed by atoms with Gasteiger partial charge >= 0.3 is 0 Å². The maximum absolute atomic E-state index is 14.7. The molecule has 0 atom stereocenters. The number of nitrogens with one attached hydrogen (secondary N) is 1. The number of fused-ring (bicyclic) bond motifs is 1. The van der Waals surface area contributed by atoms with E-state index in [0.29, 0.717) is 28.4 Å². The Bertz CT molecular complexity index is 1020. The molecule has 4 nitrogen and oxygen atoms in total. The molecule has 0 saturated carbocycles. The summed E-state index contributed by atoms with van der Waals surface area (Å²) in [5, 5.41) is 3.84. The van der Waals surface area contributed by atoms with Crippen molar-refractivity contribution >= 4 is 22.4 Å². The molecule has 0 radical (unpaired) electrons. The zero-order chi connectivity index (χ0) is 19.6. The molecule has 0 unspecified atom stereocenters. The number of anilines is 1. The lowest BCUT2D eigenvalue weighted by Crippen LogP contribution is -2.24. The fraction of sp³-hybridized carbons (Fsp3) is 0.190. The molecule has 6 heteroatoms. The van der Waals surface area contributed by atoms with Crippen LogP contribution in [-0.4, -0.2) is 19.6 Å². The summed E-state index contributed by atoms with van der Waals surface area (Å²) in [6, 6.07) is 9.94. The van der Waals surface area contributed by atoms with Gasteiger partial charge in [-0.2, -0.15) is 0 Å². The topological polar surface area (TPSA) is 64.3 Å². The van der Waals surface area contributed by atoms with Crippen LogP contribution in [0.3, 0.4) is 0 Å². The molecule has 0 heterocycles. The lowest BCUT2D eigenvalue weighted by atomic mass is 9.94. The molecule has 0 aromatic heterocycles. The Morgan fingerprint density at radius 2 is 1.85 bits per heavy atom. The van der Waals surface area contributed by atoms with Crippen LogP contribution in [0.1, 0.15) is 23.7 Å². The fourth-order valence-corrected chi connectivity index (χ4v) is 3.08. The van der Waals surface area contributed by atoms with Crippen molar-refractivity contribution in [2.45, 2.75) is 13.3 Å². The van der Waals surface area contributed by atoms with Gasteiger partial charge < -0.3 is 15.8 Å². The van der Waals surface area contributed by atoms with Gasteiger partial charge in [0.25, 0.3) is 5.91 Å². The van der Waals surface area contributed by atoms with E-state index in [2.05, 4.69) is 5.32 Å². The second kappa shape index (κ2) is 7.61. The van der Waals surface area contributed by atoms with Crippen LogP contribution in [0, 0.1) is 11.6 Å². The van der Waals surface area contributed by atoms with Crippen molar-refractivity contribution in [2.24, 2.45) is 0 Å². The summed E-state index contributed by atoms with van der Waals surface area (Å²) in [5.74, 6) is -1.04. The second-order valence-electron chi connectivity index (χ2n) is 6.14. The molecule has 0 aliphatic heterocycles. The minimum Gasteiger partial charge on any atom is -0.496 e. The van der Waals surface area contributed by atoms with Crippen molar-refractivity contribution < 1.29 is 18.3 Å². The van der Waals surface area contributed by atoms with Crippen molar-refractivity contribution in [1.29, 1.82) is 0 Å². The van der Waals surface area contributed by atoms with Crippen molar-refractivity contribution in [3.05, 3.63) is 59.7 Å². The summed E-state index contributed by atoms with van der Waals surface area (Å²) in [6.45, 7) is 2.49. The monoisotopic (exact) mass is 370 g/mol. The smallest absolute Gasteiger partial charge is 0.253 e. The Balaban J connectivity index is 2.22. The molecule has 140 valence electrons. The lowest BCUT2D eigenvalue weighted by Gasteiger charge is -2.15. The summed E-state index contributed by atoms with van der Waals surface area (Å²) < 4.78 is 33.5. The predicted octanol–water partition coefficient (Wildman–Crippen LogP) is 4.52. The summed E-state index contributed by atoms with van der Waals surface area (Å²) in [5.41, 5.74) is 7.46. The van der Waals surface area contributed by atoms with Crippen LogP contribution < -0.4 is 15.8 Å². The molecule has 0 spiro atoms. The van der Waals surface area contributed by atoms with Gasteiger partial charge in [0, 0.05) is 29.1 Å². The number of amides is 1. The van der Waals surface area contributed by atoms with Gasteiger partial charge in [0.1, 0.15) is 17.4 Å². The number of nitrogen functional groups attached to an aromatic ring is 1. The summed E-state index contributed by atoms with van der Waals surface area (Å²) in [6.07, 6.45) is 0.805. The molecule has 1 amide bonds. The maximum Gasteiger partial charge on any atom is 0.253 e. The van der Waals surface area contributed by atoms with Gasteiger partial charge in [-0.1, -0.05) is 13.0 Å². The fourth-order valence-electron chi connectivity index (χ4n) is 3.08. The first-order valence-corrected chi connectivity index (χ1v) is 8.60. The van der Waals surface area contributed by atoms with Crippen LogP contribution in [0.2, 0.25) is 0 Å². The SMILES string of the molecule is CCCNC(=O)c1ccc2c(-c3ccc(F)cc3OC)c(F)ccc2c1N. The molecule has 0 fully saturated rings. The molecule has 3 aromatic rings. The highest BCUT2D eigenvalue weighted by Gasteiger charge is 2.19. The van der Waals surface area contributed by atoms with E-state index >= 15 is 0 Å². The standard InChI is InChI=1S/C21H20F2N2O2/c1-3-10-25-21(26)16-7-6-13-14(20(16)24)8-9-17(23)19(13)15-5-4-12(22)11-18(15)27-2/h4-9,11H,3,10,24H2,1-2H3,(H,25,26). The Hall–Kier alpha value is -3.15. The largest absolute Gasteiger partial charge is 0.496 e. The first-order chi connectivity index (χ1) is 13.0. The zero-order valence-electron chi connectivity index (χ0n) is 15.1. The number of ether oxygens (including phenoxy) is 1. The van der Waals surface area contributed by atoms with Gasteiger partial charge in [-0.05, 0) is 42.1 Å². The second-order valence-corrected chi connectivity index (χ2v) is 6.14. The van der Waals surface area contributed by atoms with E-state index in [4.69, 9.17) is 10.5 Å². The Morgan fingerprint density at radius 3 is 2.56 bits per heavy atom. The number of methoxy groups -OCH3 is 1. The third-order valence-corrected chi connectivity index (χ3v) is 4.40. The van der Waals surface area contributed by atoms with Crippen LogP contribution in [-0.2, 0) is 0 Å². The van der Waals surface area contributed by atoms with Gasteiger partial charge in [0.2, 0.25) is 0 Å². The molecule has 0 saturated heterocycles. The number of rotatable bonds is 5. The van der Waals surface area contributed by atoms with Gasteiger partial charge in [-0.25, -0.2) is 8.78 Å². The first kappa shape index (κ1) is 18.6. The van der Waals surface area contributed by atoms with Crippen LogP contribution in [0.5, 0.6) is 5.75 Å². The molecule has 3 rings (SSSR count). The number of nitrogens with two attached hydrogens (primary N) is 1. The first-order valence-electron chi connectivity index (χ1n) is 8.60. The molecule has 3 N–H and O–H groups in total. The molecular formula is C21H20F2N2O2. The normalized spacial score (nSPS) is 10.8. The van der Waals surface area contributed by atoms with E-state index in [-0.39, 0.29) is 22.9 Å². The minimum atomic E-state index is -0.491. The van der Waals surface area contributed by atoms with Gasteiger partial charge in [0.05, 0.1) is 18.4 Å². The summed E-state index contributed by atoms with van der Waals surface area (Å²) in [4.78, 5) is 12.3. The molecule has 0 bridgehead atoms. The number of benzene rings is 3. The highest BCUT2D eigenvalue weighted by atomic mass is 19.1. The quantitative estimate of drug-likeness (QED) is 0.649. The van der Waals surface area contributed by atoms with Gasteiger partial charge in [-0.15, -0.1) is 0 Å². The third-order valence-electron chi connectivity index (χ3n) is 4.40. The van der Waals surface area contributed by atoms with E-state index in [9.17, 15) is 13.6 Å². The average Bonchev–Trinajstić information content (AvgIpc) is 2.66. The third kappa shape index (κ3) is 3.43. The molecule has 0 aliphatic rings. The van der Waals surface area contributed by atoms with Crippen LogP contribution >= 0.6 is 0 Å². The van der Waals surface area contributed by atoms with Crippen LogP contribution in [0.15, 0.2) is 42.5 Å². The summed E-state index contributed by atoms with van der Waals surface area (Å²) in [7, 11) is 1.39. The lowest BCUT2D eigenvalue weighted by molar-refractivity contribution is 0.0954. The van der Waals surface area contributed by atoms with E-state index < -0.39 is 11.6 Å². The van der Waals surface area contributed by atoms with E-state index in [0.717, 1.165) is 6.42 Å². The average molecular weight is 370 g/mol. The van der Waals surface area contributed by atoms with Gasteiger partial charge in [0.15, 0.2) is 0 Å². The van der Waals surface area contributed by atoms with Gasteiger partial charge in [-0.3, -0.25) is 4.79 Å². The highest BCUT2D eigenvalue weighted by molar-refractivity contribution is 6.11. The van der Waals surface area contributed by atoms with Crippen molar-refractivity contribution in [2.75, 3.05) is 19.4 Å². The Labute approximate surface area is 155 Å². The number of halogens is 2. The zero-order valence-corrected chi connectivity index (χ0v) is 15.1. The van der Waals surface area contributed by atoms with Crippen molar-refractivity contribution in [3.63, 3.8) is 0 Å². The molecule has 0 aliphatic carbocycles. The van der Waals surface area contributed by atoms with Crippen molar-refractivity contribution in [3.8, 4) is 16.9 Å². The number of carbonyl (C=O) groups excluding carboxylic acids is 1. The van der Waals surface area contributed by atoms with E-state index in [1.54, 1.807) is 12.1 Å². The van der Waals surface area contributed by atoms with Crippen LogP contribution in [0.4, 0.5) is 14.5 Å². The van der Waals surface area contributed by atoms with Crippen molar-refractivity contribution in [1.82, 2.24) is 5.32 Å². The minimum absolute atomic E-state index is 0.213. The molecular weight excluding hydrogens is 350 g/mol. The maximum atomic E-state index is 14.7. The number of carbonyl (C=O) groups is 1. The Kier molecular flexibility index (Phi) is 5.26.